The summed E-state index contributed by atoms with van der Waals surface area (Å²) in [7, 11) is 0. The molecule has 0 saturated carbocycles. The molecule has 0 aromatic heterocycles. The molecule has 3 rings (SSSR count). The first-order chi connectivity index (χ1) is 8.75. The first-order valence-corrected chi connectivity index (χ1v) is 6.19. The standard InChI is InChI=1S/C12H18N4O2/c13-8-1-2-9(16-5-3-15-4-6-16)12-11(8)17-7-10(14)18-12/h1-2,10,15H,3-7,13-14H2. The maximum Gasteiger partial charge on any atom is 0.189 e. The Hall–Kier alpha value is -1.66. The number of ether oxygens (including phenoxy) is 2. The van der Waals surface area contributed by atoms with Crippen molar-refractivity contribution in [3.63, 3.8) is 0 Å². The summed E-state index contributed by atoms with van der Waals surface area (Å²) in [6.45, 7) is 4.14. The van der Waals surface area contributed by atoms with E-state index in [1.165, 1.54) is 0 Å². The number of nitrogens with one attached hydrogen (secondary N) is 1. The predicted octanol–water partition coefficient (Wildman–Crippen LogP) is -0.266. The molecular formula is C12H18N4O2. The van der Waals surface area contributed by atoms with Crippen LogP contribution in [0.15, 0.2) is 12.1 Å². The van der Waals surface area contributed by atoms with E-state index < -0.39 is 6.23 Å². The van der Waals surface area contributed by atoms with Crippen LogP contribution < -0.4 is 31.2 Å². The lowest BCUT2D eigenvalue weighted by Gasteiger charge is -2.34. The molecule has 0 spiro atoms. The van der Waals surface area contributed by atoms with Gasteiger partial charge in [0.05, 0.1) is 11.4 Å². The van der Waals surface area contributed by atoms with Crippen molar-refractivity contribution in [2.75, 3.05) is 43.4 Å². The van der Waals surface area contributed by atoms with Gasteiger partial charge in [-0.05, 0) is 12.1 Å². The van der Waals surface area contributed by atoms with Crippen LogP contribution in [0.2, 0.25) is 0 Å². The van der Waals surface area contributed by atoms with E-state index in [1.54, 1.807) is 0 Å². The molecule has 2 aliphatic heterocycles. The number of hydrogen-bond donors (Lipinski definition) is 3. The van der Waals surface area contributed by atoms with Crippen LogP contribution in [0.25, 0.3) is 0 Å². The predicted molar refractivity (Wildman–Crippen MR) is 70.0 cm³/mol. The number of hydrogen-bond acceptors (Lipinski definition) is 6. The number of nitrogen functional groups attached to an aromatic ring is 1. The second-order valence-corrected chi connectivity index (χ2v) is 4.54. The smallest absolute Gasteiger partial charge is 0.189 e. The van der Waals surface area contributed by atoms with Crippen molar-refractivity contribution in [2.45, 2.75) is 6.23 Å². The van der Waals surface area contributed by atoms with Gasteiger partial charge in [-0.1, -0.05) is 0 Å². The van der Waals surface area contributed by atoms with Gasteiger partial charge in [-0.2, -0.15) is 0 Å². The summed E-state index contributed by atoms with van der Waals surface area (Å²) in [5.41, 5.74) is 13.3. The van der Waals surface area contributed by atoms with Gasteiger partial charge < -0.3 is 25.4 Å². The first kappa shape index (κ1) is 11.4. The topological polar surface area (TPSA) is 85.8 Å². The number of nitrogens with two attached hydrogens (primary N) is 2. The van der Waals surface area contributed by atoms with E-state index in [4.69, 9.17) is 20.9 Å². The van der Waals surface area contributed by atoms with Crippen molar-refractivity contribution < 1.29 is 9.47 Å². The SMILES string of the molecule is Nc1ccc(N2CCNCC2)c2c1OCC(N)O2. The average Bonchev–Trinajstić information content (AvgIpc) is 2.40. The Morgan fingerprint density at radius 2 is 2.00 bits per heavy atom. The number of fused-ring (bicyclic) bond motifs is 1. The fourth-order valence-electron chi connectivity index (χ4n) is 2.34. The monoisotopic (exact) mass is 250 g/mol. The van der Waals surface area contributed by atoms with E-state index in [9.17, 15) is 0 Å². The van der Waals surface area contributed by atoms with E-state index in [2.05, 4.69) is 10.2 Å². The maximum atomic E-state index is 5.91. The Morgan fingerprint density at radius 3 is 2.78 bits per heavy atom. The van der Waals surface area contributed by atoms with Gasteiger partial charge in [0.15, 0.2) is 17.7 Å². The Balaban J connectivity index is 1.98. The highest BCUT2D eigenvalue weighted by molar-refractivity contribution is 5.74. The molecule has 0 bridgehead atoms. The van der Waals surface area contributed by atoms with Crippen LogP contribution in [0.4, 0.5) is 11.4 Å². The van der Waals surface area contributed by atoms with Crippen LogP contribution in [-0.2, 0) is 0 Å². The second-order valence-electron chi connectivity index (χ2n) is 4.54. The summed E-state index contributed by atoms with van der Waals surface area (Å²) in [6.07, 6.45) is -0.430. The summed E-state index contributed by atoms with van der Waals surface area (Å²) in [6, 6.07) is 3.83. The molecule has 0 amide bonds. The number of anilines is 2. The summed E-state index contributed by atoms with van der Waals surface area (Å²) >= 11 is 0. The van der Waals surface area contributed by atoms with Crippen molar-refractivity contribution >= 4 is 11.4 Å². The van der Waals surface area contributed by atoms with Crippen molar-refractivity contribution in [3.8, 4) is 11.5 Å². The van der Waals surface area contributed by atoms with Gasteiger partial charge in [-0.3, -0.25) is 5.73 Å². The molecule has 2 aliphatic rings. The van der Waals surface area contributed by atoms with Gasteiger partial charge in [-0.25, -0.2) is 0 Å². The van der Waals surface area contributed by atoms with Crippen LogP contribution >= 0.6 is 0 Å². The Kier molecular flexibility index (Phi) is 2.89. The van der Waals surface area contributed by atoms with Gasteiger partial charge in [-0.15, -0.1) is 0 Å². The van der Waals surface area contributed by atoms with Crippen molar-refractivity contribution in [1.82, 2.24) is 5.32 Å². The molecule has 1 atom stereocenters. The van der Waals surface area contributed by atoms with Crippen LogP contribution in [0.1, 0.15) is 0 Å². The van der Waals surface area contributed by atoms with Crippen LogP contribution in [-0.4, -0.2) is 39.0 Å². The normalized spacial score (nSPS) is 22.9. The molecule has 2 heterocycles. The highest BCUT2D eigenvalue weighted by atomic mass is 16.6. The van der Waals surface area contributed by atoms with E-state index in [0.717, 1.165) is 31.9 Å². The van der Waals surface area contributed by atoms with Gasteiger partial charge >= 0.3 is 0 Å². The molecule has 1 aromatic rings. The lowest BCUT2D eigenvalue weighted by atomic mass is 10.2. The summed E-state index contributed by atoms with van der Waals surface area (Å²) in [5, 5.41) is 3.32. The molecule has 1 aromatic carbocycles. The minimum atomic E-state index is -0.430. The summed E-state index contributed by atoms with van der Waals surface area (Å²) < 4.78 is 11.3. The van der Waals surface area contributed by atoms with E-state index in [0.29, 0.717) is 23.8 Å². The molecule has 1 unspecified atom stereocenters. The van der Waals surface area contributed by atoms with Gasteiger partial charge in [0.1, 0.15) is 6.61 Å². The zero-order valence-electron chi connectivity index (χ0n) is 10.2. The third kappa shape index (κ3) is 1.93. The fraction of sp³-hybridized carbons (Fsp3) is 0.500. The van der Waals surface area contributed by atoms with Gasteiger partial charge in [0.2, 0.25) is 0 Å². The van der Waals surface area contributed by atoms with Crippen LogP contribution in [0, 0.1) is 0 Å². The van der Waals surface area contributed by atoms with Gasteiger partial charge in [0, 0.05) is 26.2 Å². The molecule has 0 radical (unpaired) electrons. The molecular weight excluding hydrogens is 232 g/mol. The highest BCUT2D eigenvalue weighted by Gasteiger charge is 2.26. The second kappa shape index (κ2) is 4.55. The Morgan fingerprint density at radius 1 is 1.22 bits per heavy atom. The Bertz CT molecular complexity index is 446. The maximum absolute atomic E-state index is 5.91. The first-order valence-electron chi connectivity index (χ1n) is 6.19. The zero-order chi connectivity index (χ0) is 12.5. The number of rotatable bonds is 1. The minimum Gasteiger partial charge on any atom is -0.482 e. The van der Waals surface area contributed by atoms with E-state index in [1.807, 2.05) is 12.1 Å². The van der Waals surface area contributed by atoms with Crippen molar-refractivity contribution in [1.29, 1.82) is 0 Å². The molecule has 98 valence electrons. The summed E-state index contributed by atoms with van der Waals surface area (Å²) in [4.78, 5) is 2.26. The van der Waals surface area contributed by atoms with E-state index in [-0.39, 0.29) is 0 Å². The number of benzene rings is 1. The zero-order valence-corrected chi connectivity index (χ0v) is 10.2. The minimum absolute atomic E-state index is 0.336. The summed E-state index contributed by atoms with van der Waals surface area (Å²) in [5.74, 6) is 1.29. The third-order valence-corrected chi connectivity index (χ3v) is 3.24. The molecule has 0 aliphatic carbocycles. The molecule has 18 heavy (non-hydrogen) atoms. The molecule has 1 saturated heterocycles. The third-order valence-electron chi connectivity index (χ3n) is 3.24. The quantitative estimate of drug-likeness (QED) is 0.595. The Labute approximate surface area is 106 Å². The van der Waals surface area contributed by atoms with Crippen LogP contribution in [0.3, 0.4) is 0 Å². The molecule has 6 nitrogen and oxygen atoms in total. The van der Waals surface area contributed by atoms with E-state index >= 15 is 0 Å². The van der Waals surface area contributed by atoms with Crippen molar-refractivity contribution in [3.05, 3.63) is 12.1 Å². The largest absolute Gasteiger partial charge is 0.482 e. The van der Waals surface area contributed by atoms with Gasteiger partial charge in [0.25, 0.3) is 0 Å². The molecule has 5 N–H and O–H groups in total. The number of piperazine rings is 1. The number of nitrogens with zero attached hydrogens (tertiary/aromatic N) is 1. The van der Waals surface area contributed by atoms with Crippen LogP contribution in [0.5, 0.6) is 11.5 Å². The lowest BCUT2D eigenvalue weighted by molar-refractivity contribution is 0.0970. The fourth-order valence-corrected chi connectivity index (χ4v) is 2.34. The molecule has 1 fully saturated rings. The van der Waals surface area contributed by atoms with Crippen molar-refractivity contribution in [2.24, 2.45) is 5.73 Å². The lowest BCUT2D eigenvalue weighted by Crippen LogP contribution is -2.44. The highest BCUT2D eigenvalue weighted by Crippen LogP contribution is 2.44. The molecule has 6 heteroatoms. The average molecular weight is 250 g/mol.